The molecule has 1 aliphatic heterocycles. The Morgan fingerprint density at radius 3 is 2.54 bits per heavy atom. The molecule has 1 saturated heterocycles. The van der Waals surface area contributed by atoms with Crippen LogP contribution < -0.4 is 4.74 Å². The van der Waals surface area contributed by atoms with Gasteiger partial charge in [-0.15, -0.1) is 0 Å². The number of benzene rings is 2. The van der Waals surface area contributed by atoms with Crippen LogP contribution in [0, 0.1) is 0 Å². The van der Waals surface area contributed by atoms with Crippen LogP contribution in [0.3, 0.4) is 0 Å². The summed E-state index contributed by atoms with van der Waals surface area (Å²) < 4.78 is 25.1. The summed E-state index contributed by atoms with van der Waals surface area (Å²) in [7, 11) is 3.39. The Kier molecular flexibility index (Phi) is 8.32. The van der Waals surface area contributed by atoms with Crippen LogP contribution in [0.2, 0.25) is 0 Å². The molecule has 1 amide bonds. The van der Waals surface area contributed by atoms with Gasteiger partial charge in [0.15, 0.2) is 11.5 Å². The van der Waals surface area contributed by atoms with Gasteiger partial charge in [-0.3, -0.25) is 4.68 Å². The molecular formula is C29H34FN5O4. The number of hydrogen-bond acceptors (Lipinski definition) is 7. The van der Waals surface area contributed by atoms with Crippen LogP contribution in [-0.2, 0) is 11.8 Å². The summed E-state index contributed by atoms with van der Waals surface area (Å²) in [5.74, 6) is 0.433. The Balaban J connectivity index is 0.000000215. The number of carbonyl (C=O) groups excluding carboxylic acids is 1. The second kappa shape index (κ2) is 11.7. The molecule has 1 atom stereocenters. The topological polar surface area (TPSA) is 103 Å². The number of aromatic hydroxyl groups is 1. The van der Waals surface area contributed by atoms with Crippen LogP contribution in [0.1, 0.15) is 33.6 Å². The number of ether oxygens (including phenoxy) is 2. The Morgan fingerprint density at radius 2 is 1.87 bits per heavy atom. The average Bonchev–Trinajstić information content (AvgIpc) is 3.29. The van der Waals surface area contributed by atoms with Crippen molar-refractivity contribution in [1.82, 2.24) is 24.6 Å². The van der Waals surface area contributed by atoms with Gasteiger partial charge in [0.2, 0.25) is 0 Å². The third-order valence-corrected chi connectivity index (χ3v) is 6.08. The molecule has 5 rings (SSSR count). The molecule has 1 unspecified atom stereocenters. The first-order valence-electron chi connectivity index (χ1n) is 12.8. The van der Waals surface area contributed by atoms with E-state index < -0.39 is 17.9 Å². The summed E-state index contributed by atoms with van der Waals surface area (Å²) in [6, 6.07) is 13.3. The normalized spacial score (nSPS) is 15.4. The minimum atomic E-state index is -0.892. The smallest absolute Gasteiger partial charge is 0.410 e. The van der Waals surface area contributed by atoms with Gasteiger partial charge in [-0.2, -0.15) is 5.10 Å². The highest BCUT2D eigenvalue weighted by Gasteiger charge is 2.27. The van der Waals surface area contributed by atoms with Gasteiger partial charge in [0.25, 0.3) is 0 Å². The van der Waals surface area contributed by atoms with Crippen LogP contribution in [0.5, 0.6) is 11.5 Å². The molecule has 2 aromatic heterocycles. The van der Waals surface area contributed by atoms with Gasteiger partial charge >= 0.3 is 6.09 Å². The fraction of sp³-hybridized carbons (Fsp3) is 0.379. The number of phenolic OH excluding ortho intramolecular Hbond substituents is 1. The number of aryl methyl sites for hydroxylation is 1. The number of carbonyl (C=O) groups is 1. The van der Waals surface area contributed by atoms with Crippen molar-refractivity contribution in [2.75, 3.05) is 20.2 Å². The molecule has 10 heteroatoms. The summed E-state index contributed by atoms with van der Waals surface area (Å²) >= 11 is 0. The van der Waals surface area contributed by atoms with E-state index in [9.17, 15) is 14.3 Å². The van der Waals surface area contributed by atoms with E-state index in [-0.39, 0.29) is 12.3 Å². The standard InChI is InChI=1S/C19H16N4O2.C10H18FNO2/c1-23-10-14(18(22-23)12-6-4-3-5-7-12)19-13-8-16(24)17(25-2)9-15(13)20-11-21-19;1-10(2,3)14-9(13)12-6-4-5-8(11)7-12/h3-11,24H,1-2H3;8H,4-7H2,1-3H3. The molecule has 0 bridgehead atoms. The molecule has 4 aromatic rings. The predicted molar refractivity (Wildman–Crippen MR) is 147 cm³/mol. The van der Waals surface area contributed by atoms with E-state index in [1.54, 1.807) is 16.8 Å². The summed E-state index contributed by atoms with van der Waals surface area (Å²) in [6.07, 6.45) is 3.41. The van der Waals surface area contributed by atoms with E-state index in [1.807, 2.05) is 64.3 Å². The van der Waals surface area contributed by atoms with Gasteiger partial charge in [0, 0.05) is 42.4 Å². The molecule has 0 radical (unpaired) electrons. The van der Waals surface area contributed by atoms with Crippen molar-refractivity contribution in [2.45, 2.75) is 45.4 Å². The third-order valence-electron chi connectivity index (χ3n) is 6.08. The number of halogens is 1. The Labute approximate surface area is 227 Å². The Bertz CT molecular complexity index is 1440. The van der Waals surface area contributed by atoms with Gasteiger partial charge < -0.3 is 19.5 Å². The molecule has 206 valence electrons. The summed E-state index contributed by atoms with van der Waals surface area (Å²) in [5, 5.41) is 15.5. The molecule has 1 fully saturated rings. The van der Waals surface area contributed by atoms with Crippen LogP contribution in [-0.4, -0.2) is 67.8 Å². The lowest BCUT2D eigenvalue weighted by molar-refractivity contribution is 0.0139. The number of likely N-dealkylation sites (tertiary alicyclic amines) is 1. The summed E-state index contributed by atoms with van der Waals surface area (Å²) in [6.45, 7) is 6.20. The van der Waals surface area contributed by atoms with Gasteiger partial charge in [0.05, 0.1) is 24.9 Å². The number of methoxy groups -OCH3 is 1. The fourth-order valence-electron chi connectivity index (χ4n) is 4.34. The fourth-order valence-corrected chi connectivity index (χ4v) is 4.34. The highest BCUT2D eigenvalue weighted by Crippen LogP contribution is 2.37. The minimum Gasteiger partial charge on any atom is -0.504 e. The number of amides is 1. The molecular weight excluding hydrogens is 501 g/mol. The molecule has 2 aromatic carbocycles. The molecule has 1 aliphatic rings. The van der Waals surface area contributed by atoms with E-state index in [1.165, 1.54) is 18.3 Å². The van der Waals surface area contributed by atoms with Crippen LogP contribution in [0.15, 0.2) is 55.0 Å². The number of hydrogen-bond donors (Lipinski definition) is 1. The number of aromatic nitrogens is 4. The van der Waals surface area contributed by atoms with Crippen molar-refractivity contribution in [1.29, 1.82) is 0 Å². The van der Waals surface area contributed by atoms with Gasteiger partial charge in [-0.05, 0) is 39.7 Å². The maximum Gasteiger partial charge on any atom is 0.410 e. The zero-order valence-corrected chi connectivity index (χ0v) is 22.9. The van der Waals surface area contributed by atoms with Crippen molar-refractivity contribution in [3.8, 4) is 34.0 Å². The molecule has 0 aliphatic carbocycles. The number of phenols is 1. The zero-order valence-electron chi connectivity index (χ0n) is 22.9. The summed E-state index contributed by atoms with van der Waals surface area (Å²) in [4.78, 5) is 21.7. The van der Waals surface area contributed by atoms with Crippen LogP contribution >= 0.6 is 0 Å². The number of nitrogens with zero attached hydrogens (tertiary/aromatic N) is 5. The third kappa shape index (κ3) is 6.81. The van der Waals surface area contributed by atoms with Gasteiger partial charge in [-0.25, -0.2) is 19.2 Å². The largest absolute Gasteiger partial charge is 0.504 e. The molecule has 0 saturated carbocycles. The van der Waals surface area contributed by atoms with Crippen molar-refractivity contribution in [3.63, 3.8) is 0 Å². The number of fused-ring (bicyclic) bond motifs is 1. The molecule has 0 spiro atoms. The first-order chi connectivity index (χ1) is 18.6. The quantitative estimate of drug-likeness (QED) is 0.355. The maximum absolute atomic E-state index is 13.0. The lowest BCUT2D eigenvalue weighted by Crippen LogP contribution is -2.43. The molecule has 39 heavy (non-hydrogen) atoms. The first kappa shape index (κ1) is 27.8. The lowest BCUT2D eigenvalue weighted by atomic mass is 10.0. The van der Waals surface area contributed by atoms with Gasteiger partial charge in [0.1, 0.15) is 23.8 Å². The molecule has 3 heterocycles. The Hall–Kier alpha value is -4.21. The second-order valence-electron chi connectivity index (χ2n) is 10.4. The van der Waals surface area contributed by atoms with Gasteiger partial charge in [-0.1, -0.05) is 30.3 Å². The van der Waals surface area contributed by atoms with Crippen molar-refractivity contribution in [3.05, 3.63) is 55.0 Å². The van der Waals surface area contributed by atoms with E-state index in [2.05, 4.69) is 15.1 Å². The van der Waals surface area contributed by atoms with E-state index in [0.717, 1.165) is 34.3 Å². The Morgan fingerprint density at radius 1 is 1.13 bits per heavy atom. The average molecular weight is 536 g/mol. The van der Waals surface area contributed by atoms with Crippen LogP contribution in [0.4, 0.5) is 9.18 Å². The van der Waals surface area contributed by atoms with Crippen LogP contribution in [0.25, 0.3) is 33.4 Å². The second-order valence-corrected chi connectivity index (χ2v) is 10.4. The number of alkyl halides is 1. The SMILES string of the molecule is CC(C)(C)OC(=O)N1CCCC(F)C1.COc1cc2ncnc(-c3cn(C)nc3-c3ccccc3)c2cc1O. The highest BCUT2D eigenvalue weighted by atomic mass is 19.1. The zero-order chi connectivity index (χ0) is 28.2. The van der Waals surface area contributed by atoms with E-state index in [0.29, 0.717) is 24.2 Å². The van der Waals surface area contributed by atoms with Crippen molar-refractivity contribution < 1.29 is 23.8 Å². The highest BCUT2D eigenvalue weighted by molar-refractivity contribution is 5.97. The number of rotatable bonds is 3. The monoisotopic (exact) mass is 535 g/mol. The molecule has 9 nitrogen and oxygen atoms in total. The van der Waals surface area contributed by atoms with E-state index in [4.69, 9.17) is 9.47 Å². The van der Waals surface area contributed by atoms with Crippen molar-refractivity contribution >= 4 is 17.0 Å². The first-order valence-corrected chi connectivity index (χ1v) is 12.8. The maximum atomic E-state index is 13.0. The number of piperidine rings is 1. The predicted octanol–water partition coefficient (Wildman–Crippen LogP) is 5.77. The van der Waals surface area contributed by atoms with E-state index >= 15 is 0 Å². The lowest BCUT2D eigenvalue weighted by Gasteiger charge is -2.31. The summed E-state index contributed by atoms with van der Waals surface area (Å²) in [5.41, 5.74) is 3.63. The van der Waals surface area contributed by atoms with Crippen molar-refractivity contribution in [2.24, 2.45) is 7.05 Å². The minimum absolute atomic E-state index is 0.0520. The molecule has 1 N–H and O–H groups in total.